The summed E-state index contributed by atoms with van der Waals surface area (Å²) in [5.74, 6) is 1.13. The van der Waals surface area contributed by atoms with Crippen LogP contribution < -0.4 is 9.47 Å². The van der Waals surface area contributed by atoms with Crippen molar-refractivity contribution in [2.45, 2.75) is 51.0 Å². The quantitative estimate of drug-likeness (QED) is 0.673. The number of nitrogens with zero attached hydrogens (tertiary/aromatic N) is 1. The third-order valence-corrected chi connectivity index (χ3v) is 6.63. The highest BCUT2D eigenvalue weighted by Crippen LogP contribution is 2.34. The van der Waals surface area contributed by atoms with E-state index in [4.69, 9.17) is 14.6 Å². The van der Waals surface area contributed by atoms with E-state index in [9.17, 15) is 9.59 Å². The van der Waals surface area contributed by atoms with Crippen molar-refractivity contribution < 1.29 is 24.2 Å². The lowest BCUT2D eigenvalue weighted by atomic mass is 9.89. The minimum absolute atomic E-state index is 0.0305. The summed E-state index contributed by atoms with van der Waals surface area (Å²) >= 11 is 0. The van der Waals surface area contributed by atoms with Crippen LogP contribution in [0.25, 0.3) is 0 Å². The summed E-state index contributed by atoms with van der Waals surface area (Å²) in [6.45, 7) is 1.43. The average molecular weight is 438 g/mol. The van der Waals surface area contributed by atoms with Gasteiger partial charge in [0, 0.05) is 18.7 Å². The lowest BCUT2D eigenvalue weighted by molar-refractivity contribution is 0.0679. The first-order valence-corrected chi connectivity index (χ1v) is 11.5. The van der Waals surface area contributed by atoms with Crippen molar-refractivity contribution in [2.75, 3.05) is 20.2 Å². The van der Waals surface area contributed by atoms with Crippen LogP contribution in [0.2, 0.25) is 0 Å². The van der Waals surface area contributed by atoms with E-state index in [1.165, 1.54) is 30.5 Å². The zero-order chi connectivity index (χ0) is 22.5. The highest BCUT2D eigenvalue weighted by Gasteiger charge is 2.25. The van der Waals surface area contributed by atoms with Crippen molar-refractivity contribution in [2.24, 2.45) is 5.92 Å². The van der Waals surface area contributed by atoms with Crippen molar-refractivity contribution in [3.63, 3.8) is 0 Å². The Hall–Kier alpha value is -3.02. The molecule has 32 heavy (non-hydrogen) atoms. The third kappa shape index (κ3) is 5.23. The summed E-state index contributed by atoms with van der Waals surface area (Å²) in [5.41, 5.74) is 1.97. The van der Waals surface area contributed by atoms with Gasteiger partial charge in [-0.05, 0) is 92.8 Å². The van der Waals surface area contributed by atoms with E-state index < -0.39 is 5.97 Å². The van der Waals surface area contributed by atoms with Crippen molar-refractivity contribution >= 4 is 11.9 Å². The first-order chi connectivity index (χ1) is 15.5. The maximum Gasteiger partial charge on any atom is 0.335 e. The molecule has 170 valence electrons. The summed E-state index contributed by atoms with van der Waals surface area (Å²) in [7, 11) is 1.68. The normalized spacial score (nSPS) is 17.3. The first kappa shape index (κ1) is 22.2. The molecule has 1 aliphatic carbocycles. The molecule has 0 aromatic heterocycles. The fourth-order valence-corrected chi connectivity index (χ4v) is 4.74. The van der Waals surface area contributed by atoms with Gasteiger partial charge in [0.2, 0.25) is 0 Å². The molecule has 1 heterocycles. The van der Waals surface area contributed by atoms with E-state index >= 15 is 0 Å². The number of piperidine rings is 1. The number of carbonyl (C=O) groups is 2. The molecule has 6 nitrogen and oxygen atoms in total. The van der Waals surface area contributed by atoms with E-state index in [1.54, 1.807) is 19.2 Å². The van der Waals surface area contributed by atoms with Gasteiger partial charge in [-0.2, -0.15) is 0 Å². The number of amides is 1. The lowest BCUT2D eigenvalue weighted by Gasteiger charge is -2.32. The van der Waals surface area contributed by atoms with Crippen LogP contribution in [0, 0.1) is 5.92 Å². The predicted molar refractivity (Wildman–Crippen MR) is 122 cm³/mol. The second-order valence-electron chi connectivity index (χ2n) is 8.83. The fraction of sp³-hybridized carbons (Fsp3) is 0.462. The number of carbonyl (C=O) groups excluding carboxylic acids is 1. The smallest absolute Gasteiger partial charge is 0.335 e. The van der Waals surface area contributed by atoms with E-state index in [-0.39, 0.29) is 17.6 Å². The van der Waals surface area contributed by atoms with Crippen molar-refractivity contribution in [3.05, 3.63) is 59.2 Å². The molecule has 1 aliphatic heterocycles. The molecule has 0 unspecified atom stereocenters. The number of hydrogen-bond donors (Lipinski definition) is 1. The molecular weight excluding hydrogens is 406 g/mol. The maximum absolute atomic E-state index is 12.8. The van der Waals surface area contributed by atoms with Gasteiger partial charge in [0.15, 0.2) is 11.5 Å². The molecule has 1 N–H and O–H groups in total. The number of aromatic carboxylic acids is 1. The molecule has 4 rings (SSSR count). The number of carboxylic acid groups (broad SMARTS) is 1. The number of rotatable bonds is 7. The molecular formula is C26H31NO5. The van der Waals surface area contributed by atoms with Crippen LogP contribution in [0.3, 0.4) is 0 Å². The minimum Gasteiger partial charge on any atom is -0.493 e. The molecule has 1 amide bonds. The van der Waals surface area contributed by atoms with Crippen LogP contribution in [0.15, 0.2) is 42.5 Å². The Labute approximate surface area is 189 Å². The summed E-state index contributed by atoms with van der Waals surface area (Å²) in [6, 6.07) is 12.4. The molecule has 1 saturated heterocycles. The highest BCUT2D eigenvalue weighted by molar-refractivity contribution is 5.95. The van der Waals surface area contributed by atoms with Crippen molar-refractivity contribution in [1.82, 2.24) is 4.90 Å². The second-order valence-corrected chi connectivity index (χ2v) is 8.83. The van der Waals surface area contributed by atoms with Gasteiger partial charge in [0.1, 0.15) is 0 Å². The van der Waals surface area contributed by atoms with Crippen molar-refractivity contribution in [1.29, 1.82) is 0 Å². The van der Waals surface area contributed by atoms with E-state index in [0.717, 1.165) is 43.6 Å². The van der Waals surface area contributed by atoms with E-state index in [0.29, 0.717) is 24.6 Å². The third-order valence-electron chi connectivity index (χ3n) is 6.63. The summed E-state index contributed by atoms with van der Waals surface area (Å²) < 4.78 is 11.7. The van der Waals surface area contributed by atoms with Crippen LogP contribution in [-0.4, -0.2) is 48.2 Å². The van der Waals surface area contributed by atoms with Crippen molar-refractivity contribution in [3.8, 4) is 11.5 Å². The van der Waals surface area contributed by atoms with Gasteiger partial charge >= 0.3 is 5.97 Å². The van der Waals surface area contributed by atoms with Crippen LogP contribution in [0.1, 0.15) is 64.8 Å². The Morgan fingerprint density at radius 2 is 1.59 bits per heavy atom. The van der Waals surface area contributed by atoms with Crippen LogP contribution in [-0.2, 0) is 6.42 Å². The Morgan fingerprint density at radius 3 is 2.22 bits per heavy atom. The lowest BCUT2D eigenvalue weighted by Crippen LogP contribution is -2.38. The van der Waals surface area contributed by atoms with Crippen LogP contribution >= 0.6 is 0 Å². The Kier molecular flexibility index (Phi) is 6.98. The molecule has 2 aliphatic rings. The van der Waals surface area contributed by atoms with Gasteiger partial charge in [-0.1, -0.05) is 6.07 Å². The molecule has 0 radical (unpaired) electrons. The summed E-state index contributed by atoms with van der Waals surface area (Å²) in [4.78, 5) is 25.6. The van der Waals surface area contributed by atoms with Gasteiger partial charge in [0.05, 0.1) is 18.8 Å². The van der Waals surface area contributed by atoms with Gasteiger partial charge in [-0.15, -0.1) is 0 Å². The molecule has 6 heteroatoms. The standard InChI is InChI=1S/C26H31NO5/c1-31-23-11-6-19(17-24(23)32-22-4-2-3-5-22)16-18-12-14-27(15-13-18)25(28)20-7-9-21(10-8-20)26(29)30/h6-11,17-18,22H,2-5,12-16H2,1H3,(H,29,30). The van der Waals surface area contributed by atoms with Crippen LogP contribution in [0.4, 0.5) is 0 Å². The van der Waals surface area contributed by atoms with Crippen LogP contribution in [0.5, 0.6) is 11.5 Å². The monoisotopic (exact) mass is 437 g/mol. The second kappa shape index (κ2) is 10.1. The Morgan fingerprint density at radius 1 is 0.938 bits per heavy atom. The van der Waals surface area contributed by atoms with E-state index in [1.807, 2.05) is 11.0 Å². The summed E-state index contributed by atoms with van der Waals surface area (Å²) in [6.07, 6.45) is 7.82. The number of benzene rings is 2. The molecule has 2 fully saturated rings. The number of hydrogen-bond acceptors (Lipinski definition) is 4. The topological polar surface area (TPSA) is 76.1 Å². The SMILES string of the molecule is COc1ccc(CC2CCN(C(=O)c3ccc(C(=O)O)cc3)CC2)cc1OC1CCCC1. The minimum atomic E-state index is -0.986. The predicted octanol–water partition coefficient (Wildman–Crippen LogP) is 4.81. The Bertz CT molecular complexity index is 941. The molecule has 0 spiro atoms. The number of methoxy groups -OCH3 is 1. The fourth-order valence-electron chi connectivity index (χ4n) is 4.74. The molecule has 1 saturated carbocycles. The molecule has 0 atom stereocenters. The highest BCUT2D eigenvalue weighted by atomic mass is 16.5. The molecule has 0 bridgehead atoms. The molecule has 2 aromatic carbocycles. The van der Waals surface area contributed by atoms with E-state index in [2.05, 4.69) is 12.1 Å². The van der Waals surface area contributed by atoms with Gasteiger partial charge in [0.25, 0.3) is 5.91 Å². The number of ether oxygens (including phenoxy) is 2. The number of carboxylic acids is 1. The average Bonchev–Trinajstić information content (AvgIpc) is 3.32. The first-order valence-electron chi connectivity index (χ1n) is 11.5. The van der Waals surface area contributed by atoms with Gasteiger partial charge < -0.3 is 19.5 Å². The van der Waals surface area contributed by atoms with Gasteiger partial charge in [-0.3, -0.25) is 4.79 Å². The zero-order valence-corrected chi connectivity index (χ0v) is 18.6. The molecule has 2 aromatic rings. The zero-order valence-electron chi connectivity index (χ0n) is 18.6. The Balaban J connectivity index is 1.33. The van der Waals surface area contributed by atoms with Gasteiger partial charge in [-0.25, -0.2) is 4.79 Å². The largest absolute Gasteiger partial charge is 0.493 e. The maximum atomic E-state index is 12.8. The number of likely N-dealkylation sites (tertiary alicyclic amines) is 1. The summed E-state index contributed by atoms with van der Waals surface area (Å²) in [5, 5.41) is 9.02.